The Balaban J connectivity index is 1.98. The Morgan fingerprint density at radius 3 is 2.30 bits per heavy atom. The van der Waals surface area contributed by atoms with Crippen molar-refractivity contribution in [2.75, 3.05) is 49.4 Å². The summed E-state index contributed by atoms with van der Waals surface area (Å²) in [7, 11) is 3.17. The third-order valence-electron chi connectivity index (χ3n) is 4.45. The van der Waals surface area contributed by atoms with Gasteiger partial charge in [-0.15, -0.1) is 0 Å². The molecule has 2 N–H and O–H groups in total. The molecule has 0 aliphatic heterocycles. The summed E-state index contributed by atoms with van der Waals surface area (Å²) in [6.45, 7) is 8.34. The maximum atomic E-state index is 12.3. The minimum absolute atomic E-state index is 0.108. The summed E-state index contributed by atoms with van der Waals surface area (Å²) < 4.78 is 10.5. The van der Waals surface area contributed by atoms with Gasteiger partial charge in [0.05, 0.1) is 20.8 Å². The van der Waals surface area contributed by atoms with Gasteiger partial charge in [-0.25, -0.2) is 0 Å². The minimum atomic E-state index is -0.108. The molecule has 2 aromatic carbocycles. The van der Waals surface area contributed by atoms with Crippen molar-refractivity contribution in [2.45, 2.75) is 20.8 Å². The molecule has 0 aliphatic rings. The summed E-state index contributed by atoms with van der Waals surface area (Å²) in [5.74, 6) is 1.16. The average Bonchev–Trinajstić information content (AvgIpc) is 2.69. The molecule has 0 aromatic heterocycles. The fourth-order valence-electron chi connectivity index (χ4n) is 2.90. The quantitative estimate of drug-likeness (QED) is 0.700. The lowest BCUT2D eigenvalue weighted by Gasteiger charge is -2.22. The van der Waals surface area contributed by atoms with Gasteiger partial charge in [0.1, 0.15) is 0 Å². The number of methoxy groups -OCH3 is 2. The van der Waals surface area contributed by atoms with E-state index in [0.717, 1.165) is 30.0 Å². The second-order valence-electron chi connectivity index (χ2n) is 6.14. The lowest BCUT2D eigenvalue weighted by molar-refractivity contribution is -0.114. The van der Waals surface area contributed by atoms with E-state index in [0.29, 0.717) is 11.5 Å². The molecule has 0 radical (unpaired) electrons. The van der Waals surface area contributed by atoms with E-state index in [1.54, 1.807) is 26.4 Å². The molecule has 6 nitrogen and oxygen atoms in total. The lowest BCUT2D eigenvalue weighted by atomic mass is 10.1. The fourth-order valence-corrected chi connectivity index (χ4v) is 2.90. The van der Waals surface area contributed by atoms with Crippen molar-refractivity contribution in [1.29, 1.82) is 0 Å². The van der Waals surface area contributed by atoms with Crippen LogP contribution in [0.3, 0.4) is 0 Å². The van der Waals surface area contributed by atoms with E-state index in [2.05, 4.69) is 35.4 Å². The van der Waals surface area contributed by atoms with Gasteiger partial charge in [-0.3, -0.25) is 4.79 Å². The van der Waals surface area contributed by atoms with Gasteiger partial charge in [-0.05, 0) is 56.7 Å². The summed E-state index contributed by atoms with van der Waals surface area (Å²) in [5.41, 5.74) is 3.82. The number of hydrogen-bond donors (Lipinski definition) is 2. The Bertz CT molecular complexity index is 773. The van der Waals surface area contributed by atoms with Crippen LogP contribution < -0.4 is 25.0 Å². The van der Waals surface area contributed by atoms with E-state index < -0.39 is 0 Å². The number of hydrogen-bond acceptors (Lipinski definition) is 5. The Kier molecular flexibility index (Phi) is 7.34. The van der Waals surface area contributed by atoms with E-state index in [4.69, 9.17) is 9.47 Å². The van der Waals surface area contributed by atoms with Crippen molar-refractivity contribution < 1.29 is 14.3 Å². The summed E-state index contributed by atoms with van der Waals surface area (Å²) in [6, 6.07) is 11.5. The van der Waals surface area contributed by atoms with E-state index in [9.17, 15) is 4.79 Å². The standard InChI is InChI=1S/C21H29N3O3/c1-6-24(7-2)17-9-10-18(15(3)12-17)23-21(25)14-22-16-8-11-19(26-4)20(13-16)27-5/h8-13,22H,6-7,14H2,1-5H3,(H,23,25). The molecule has 0 bridgehead atoms. The summed E-state index contributed by atoms with van der Waals surface area (Å²) >= 11 is 0. The summed E-state index contributed by atoms with van der Waals surface area (Å²) in [6.07, 6.45) is 0. The predicted octanol–water partition coefficient (Wildman–Crippen LogP) is 3.91. The molecule has 0 unspecified atom stereocenters. The highest BCUT2D eigenvalue weighted by molar-refractivity contribution is 5.94. The van der Waals surface area contributed by atoms with Crippen LogP contribution in [0.4, 0.5) is 17.1 Å². The number of nitrogens with zero attached hydrogens (tertiary/aromatic N) is 1. The van der Waals surface area contributed by atoms with Crippen LogP contribution in [-0.2, 0) is 4.79 Å². The molecule has 0 spiro atoms. The third-order valence-corrected chi connectivity index (χ3v) is 4.45. The minimum Gasteiger partial charge on any atom is -0.493 e. The van der Waals surface area contributed by atoms with Crippen molar-refractivity contribution in [3.05, 3.63) is 42.0 Å². The highest BCUT2D eigenvalue weighted by Gasteiger charge is 2.09. The monoisotopic (exact) mass is 371 g/mol. The molecule has 2 rings (SSSR count). The molecule has 6 heteroatoms. The van der Waals surface area contributed by atoms with Gasteiger partial charge in [-0.1, -0.05) is 0 Å². The Hall–Kier alpha value is -2.89. The van der Waals surface area contributed by atoms with Crippen LogP contribution in [0, 0.1) is 6.92 Å². The van der Waals surface area contributed by atoms with Crippen molar-refractivity contribution >= 4 is 23.0 Å². The number of benzene rings is 2. The second kappa shape index (κ2) is 9.71. The van der Waals surface area contributed by atoms with Gasteiger partial charge in [0.15, 0.2) is 11.5 Å². The number of amides is 1. The molecule has 0 heterocycles. The van der Waals surface area contributed by atoms with Crippen LogP contribution in [0.2, 0.25) is 0 Å². The molecule has 2 aromatic rings. The highest BCUT2D eigenvalue weighted by atomic mass is 16.5. The fraction of sp³-hybridized carbons (Fsp3) is 0.381. The third kappa shape index (κ3) is 5.29. The topological polar surface area (TPSA) is 62.8 Å². The maximum absolute atomic E-state index is 12.3. The van der Waals surface area contributed by atoms with Crippen molar-refractivity contribution in [2.24, 2.45) is 0 Å². The molecular weight excluding hydrogens is 342 g/mol. The van der Waals surface area contributed by atoms with E-state index >= 15 is 0 Å². The molecule has 0 aliphatic carbocycles. The van der Waals surface area contributed by atoms with Crippen LogP contribution in [-0.4, -0.2) is 39.8 Å². The number of rotatable bonds is 9. The van der Waals surface area contributed by atoms with E-state index in [-0.39, 0.29) is 12.5 Å². The Morgan fingerprint density at radius 1 is 1.00 bits per heavy atom. The van der Waals surface area contributed by atoms with Gasteiger partial charge in [0.2, 0.25) is 5.91 Å². The summed E-state index contributed by atoms with van der Waals surface area (Å²) in [5, 5.41) is 6.06. The van der Waals surface area contributed by atoms with Crippen LogP contribution in [0.25, 0.3) is 0 Å². The van der Waals surface area contributed by atoms with Gasteiger partial charge >= 0.3 is 0 Å². The van der Waals surface area contributed by atoms with Gasteiger partial charge in [-0.2, -0.15) is 0 Å². The van der Waals surface area contributed by atoms with Crippen LogP contribution in [0.5, 0.6) is 11.5 Å². The smallest absolute Gasteiger partial charge is 0.243 e. The van der Waals surface area contributed by atoms with Crippen LogP contribution >= 0.6 is 0 Å². The molecular formula is C21H29N3O3. The highest BCUT2D eigenvalue weighted by Crippen LogP contribution is 2.29. The Labute approximate surface area is 161 Å². The van der Waals surface area contributed by atoms with Crippen molar-refractivity contribution in [3.8, 4) is 11.5 Å². The molecule has 0 fully saturated rings. The first kappa shape index (κ1) is 20.4. The van der Waals surface area contributed by atoms with Crippen molar-refractivity contribution in [1.82, 2.24) is 0 Å². The molecule has 1 amide bonds. The SMILES string of the molecule is CCN(CC)c1ccc(NC(=O)CNc2ccc(OC)c(OC)c2)c(C)c1. The molecule has 0 saturated heterocycles. The summed E-state index contributed by atoms with van der Waals surface area (Å²) in [4.78, 5) is 14.6. The number of ether oxygens (including phenoxy) is 2. The lowest BCUT2D eigenvalue weighted by Crippen LogP contribution is -2.23. The number of aryl methyl sites for hydroxylation is 1. The first-order chi connectivity index (χ1) is 13.0. The van der Waals surface area contributed by atoms with E-state index in [1.165, 1.54) is 5.69 Å². The molecule has 27 heavy (non-hydrogen) atoms. The van der Waals surface area contributed by atoms with Gasteiger partial charge < -0.3 is 25.0 Å². The van der Waals surface area contributed by atoms with Crippen LogP contribution in [0.15, 0.2) is 36.4 Å². The zero-order chi connectivity index (χ0) is 19.8. The van der Waals surface area contributed by atoms with E-state index in [1.807, 2.05) is 25.1 Å². The van der Waals surface area contributed by atoms with Gasteiger partial charge in [0, 0.05) is 36.2 Å². The molecule has 0 saturated carbocycles. The van der Waals surface area contributed by atoms with Crippen molar-refractivity contribution in [3.63, 3.8) is 0 Å². The normalized spacial score (nSPS) is 10.3. The maximum Gasteiger partial charge on any atom is 0.243 e. The zero-order valence-corrected chi connectivity index (χ0v) is 16.8. The molecule has 146 valence electrons. The largest absolute Gasteiger partial charge is 0.493 e. The first-order valence-corrected chi connectivity index (χ1v) is 9.13. The van der Waals surface area contributed by atoms with Crippen LogP contribution in [0.1, 0.15) is 19.4 Å². The Morgan fingerprint density at radius 2 is 1.70 bits per heavy atom. The predicted molar refractivity (Wildman–Crippen MR) is 111 cm³/mol. The van der Waals surface area contributed by atoms with Gasteiger partial charge in [0.25, 0.3) is 0 Å². The number of anilines is 3. The average molecular weight is 371 g/mol. The molecule has 0 atom stereocenters. The zero-order valence-electron chi connectivity index (χ0n) is 16.8. The first-order valence-electron chi connectivity index (χ1n) is 9.13. The number of carbonyl (C=O) groups excluding carboxylic acids is 1. The second-order valence-corrected chi connectivity index (χ2v) is 6.14. The number of nitrogens with one attached hydrogen (secondary N) is 2. The number of carbonyl (C=O) groups is 1.